The summed E-state index contributed by atoms with van der Waals surface area (Å²) in [6, 6.07) is 7.88. The quantitative estimate of drug-likeness (QED) is 0.367. The van der Waals surface area contributed by atoms with Crippen LogP contribution in [0.5, 0.6) is 5.75 Å². The lowest BCUT2D eigenvalue weighted by Crippen LogP contribution is -2.26. The van der Waals surface area contributed by atoms with Gasteiger partial charge in [-0.05, 0) is 37.6 Å². The molecule has 0 radical (unpaired) electrons. The van der Waals surface area contributed by atoms with Gasteiger partial charge in [0.25, 0.3) is 0 Å². The highest BCUT2D eigenvalue weighted by Crippen LogP contribution is 2.31. The maximum atomic E-state index is 13.5. The van der Waals surface area contributed by atoms with Gasteiger partial charge in [0.1, 0.15) is 12.3 Å². The first-order chi connectivity index (χ1) is 17.3. The number of fused-ring (bicyclic) bond motifs is 3. The highest BCUT2D eigenvalue weighted by atomic mass is 16.5. The summed E-state index contributed by atoms with van der Waals surface area (Å²) < 4.78 is 10.4. The van der Waals surface area contributed by atoms with E-state index in [1.807, 2.05) is 38.1 Å². The van der Waals surface area contributed by atoms with Crippen LogP contribution in [0, 0.1) is 6.92 Å². The van der Waals surface area contributed by atoms with E-state index in [1.54, 1.807) is 59.7 Å². The fourth-order valence-corrected chi connectivity index (χ4v) is 4.31. The van der Waals surface area contributed by atoms with E-state index in [4.69, 9.17) is 4.74 Å². The highest BCUT2D eigenvalue weighted by molar-refractivity contribution is 6.04. The number of carbonyl (C=O) groups is 1. The monoisotopic (exact) mass is 485 g/mol. The number of amides is 1. The lowest BCUT2D eigenvalue weighted by atomic mass is 10.0. The maximum absolute atomic E-state index is 13.5. The molecule has 1 amide bonds. The lowest BCUT2D eigenvalue weighted by Gasteiger charge is -2.09. The van der Waals surface area contributed by atoms with E-state index in [-0.39, 0.29) is 18.1 Å². The normalized spacial score (nSPS) is 11.4. The molecule has 0 spiro atoms. The summed E-state index contributed by atoms with van der Waals surface area (Å²) in [7, 11) is 5.12. The Hall–Kier alpha value is -4.47. The van der Waals surface area contributed by atoms with Crippen LogP contribution >= 0.6 is 0 Å². The molecule has 0 bridgehead atoms. The molecule has 4 aromatic heterocycles. The second-order valence-electron chi connectivity index (χ2n) is 8.83. The third-order valence-corrected chi connectivity index (χ3v) is 6.20. The number of rotatable bonds is 6. The summed E-state index contributed by atoms with van der Waals surface area (Å²) >= 11 is 0. The van der Waals surface area contributed by atoms with Crippen molar-refractivity contribution in [3.63, 3.8) is 0 Å². The van der Waals surface area contributed by atoms with E-state index < -0.39 is 0 Å². The van der Waals surface area contributed by atoms with Gasteiger partial charge in [-0.3, -0.25) is 28.6 Å². The van der Waals surface area contributed by atoms with Crippen LogP contribution in [0.25, 0.3) is 38.8 Å². The average Bonchev–Trinajstić information content (AvgIpc) is 3.34. The first-order valence-corrected chi connectivity index (χ1v) is 11.6. The molecule has 36 heavy (non-hydrogen) atoms. The van der Waals surface area contributed by atoms with Crippen molar-refractivity contribution in [2.75, 3.05) is 20.7 Å². The van der Waals surface area contributed by atoms with E-state index in [0.717, 1.165) is 27.5 Å². The molecule has 0 aliphatic rings. The topological polar surface area (TPSA) is 100 Å². The van der Waals surface area contributed by atoms with Crippen molar-refractivity contribution < 1.29 is 9.53 Å². The molecule has 0 atom stereocenters. The van der Waals surface area contributed by atoms with Crippen molar-refractivity contribution in [2.24, 2.45) is 7.05 Å². The molecule has 0 N–H and O–H groups in total. The van der Waals surface area contributed by atoms with E-state index in [1.165, 1.54) is 4.90 Å². The van der Waals surface area contributed by atoms with Crippen molar-refractivity contribution in [1.29, 1.82) is 0 Å². The Morgan fingerprint density at radius 1 is 1.11 bits per heavy atom. The van der Waals surface area contributed by atoms with Crippen LogP contribution in [0.2, 0.25) is 0 Å². The van der Waals surface area contributed by atoms with Crippen LogP contribution in [-0.2, 0) is 18.4 Å². The van der Waals surface area contributed by atoms with Gasteiger partial charge in [0.2, 0.25) is 5.91 Å². The Kier molecular flexibility index (Phi) is 5.79. The zero-order valence-corrected chi connectivity index (χ0v) is 20.9. The van der Waals surface area contributed by atoms with Crippen molar-refractivity contribution in [3.8, 4) is 22.6 Å². The Morgan fingerprint density at radius 2 is 1.92 bits per heavy atom. The SMILES string of the molecule is CCOc1cncc(-c2ccc3ncc4c(c3c2)n(-c2cn(CC(=O)N(C)C)nc2C)c(=O)n4C)c1. The molecule has 0 saturated heterocycles. The van der Waals surface area contributed by atoms with Gasteiger partial charge in [-0.2, -0.15) is 5.10 Å². The Balaban J connectivity index is 1.73. The van der Waals surface area contributed by atoms with Crippen LogP contribution < -0.4 is 10.4 Å². The summed E-state index contributed by atoms with van der Waals surface area (Å²) in [4.78, 5) is 36.1. The third kappa shape index (κ3) is 3.90. The fraction of sp³-hybridized carbons (Fsp3) is 0.269. The summed E-state index contributed by atoms with van der Waals surface area (Å²) in [5, 5.41) is 5.32. The van der Waals surface area contributed by atoms with Crippen molar-refractivity contribution >= 4 is 27.8 Å². The third-order valence-electron chi connectivity index (χ3n) is 6.20. The minimum atomic E-state index is -0.216. The standard InChI is InChI=1S/C26H27N7O3/c1-6-36-19-9-18(11-27-12-19)17-7-8-21-20(10-17)25-22(13-28-21)31(5)26(35)33(25)23-14-32(29-16(23)2)15-24(34)30(3)4/h7-14H,6,15H2,1-5H3. The molecule has 5 aromatic rings. The van der Waals surface area contributed by atoms with Crippen molar-refractivity contribution in [3.05, 3.63) is 65.2 Å². The van der Waals surface area contributed by atoms with E-state index >= 15 is 0 Å². The van der Waals surface area contributed by atoms with Crippen LogP contribution in [0.4, 0.5) is 0 Å². The summed E-state index contributed by atoms with van der Waals surface area (Å²) in [6.45, 7) is 4.40. The van der Waals surface area contributed by atoms with Crippen molar-refractivity contribution in [1.82, 2.24) is 33.8 Å². The molecule has 0 saturated carbocycles. The first-order valence-electron chi connectivity index (χ1n) is 11.6. The molecule has 1 aromatic carbocycles. The van der Waals surface area contributed by atoms with Crippen LogP contribution in [0.15, 0.2) is 53.8 Å². The maximum Gasteiger partial charge on any atom is 0.333 e. The predicted octanol–water partition coefficient (Wildman–Crippen LogP) is 2.93. The number of hydrogen-bond acceptors (Lipinski definition) is 6. The molecule has 10 nitrogen and oxygen atoms in total. The Labute approximate surface area is 207 Å². The second-order valence-corrected chi connectivity index (χ2v) is 8.83. The molecule has 0 fully saturated rings. The van der Waals surface area contributed by atoms with Gasteiger partial charge in [0.15, 0.2) is 0 Å². The predicted molar refractivity (Wildman–Crippen MR) is 137 cm³/mol. The molecular weight excluding hydrogens is 458 g/mol. The fourth-order valence-electron chi connectivity index (χ4n) is 4.31. The molecule has 184 valence electrons. The van der Waals surface area contributed by atoms with E-state index in [9.17, 15) is 9.59 Å². The van der Waals surface area contributed by atoms with Gasteiger partial charge in [-0.25, -0.2) is 4.79 Å². The minimum Gasteiger partial charge on any atom is -0.492 e. The van der Waals surface area contributed by atoms with Crippen LogP contribution in [0.1, 0.15) is 12.6 Å². The van der Waals surface area contributed by atoms with Gasteiger partial charge >= 0.3 is 5.69 Å². The molecule has 5 rings (SSSR count). The number of imidazole rings is 1. The number of aromatic nitrogens is 6. The zero-order chi connectivity index (χ0) is 25.6. The molecule has 0 aliphatic heterocycles. The summed E-state index contributed by atoms with van der Waals surface area (Å²) in [5.74, 6) is 0.606. The Morgan fingerprint density at radius 3 is 2.67 bits per heavy atom. The largest absolute Gasteiger partial charge is 0.492 e. The van der Waals surface area contributed by atoms with Gasteiger partial charge in [-0.15, -0.1) is 0 Å². The number of likely N-dealkylation sites (N-methyl/N-ethyl adjacent to an activating group) is 1. The second kappa shape index (κ2) is 8.95. The first kappa shape index (κ1) is 23.3. The average molecular weight is 486 g/mol. The van der Waals surface area contributed by atoms with Crippen LogP contribution in [-0.4, -0.2) is 60.4 Å². The van der Waals surface area contributed by atoms with Gasteiger partial charge in [0.05, 0.1) is 53.1 Å². The molecular formula is C26H27N7O3. The molecule has 0 aliphatic carbocycles. The number of hydrogen-bond donors (Lipinski definition) is 0. The van der Waals surface area contributed by atoms with Crippen LogP contribution in [0.3, 0.4) is 0 Å². The molecule has 4 heterocycles. The number of benzene rings is 1. The minimum absolute atomic E-state index is 0.0863. The number of carbonyl (C=O) groups excluding carboxylic acids is 1. The van der Waals surface area contributed by atoms with Gasteiger partial charge < -0.3 is 9.64 Å². The zero-order valence-electron chi connectivity index (χ0n) is 20.9. The Bertz CT molecular complexity index is 1680. The lowest BCUT2D eigenvalue weighted by molar-refractivity contribution is -0.129. The summed E-state index contributed by atoms with van der Waals surface area (Å²) in [5.41, 5.74) is 5.06. The number of pyridine rings is 2. The molecule has 0 unspecified atom stereocenters. The van der Waals surface area contributed by atoms with Gasteiger partial charge in [0, 0.05) is 38.3 Å². The van der Waals surface area contributed by atoms with Gasteiger partial charge in [-0.1, -0.05) is 6.07 Å². The number of aryl methyl sites for hydroxylation is 2. The number of ether oxygens (including phenoxy) is 1. The smallest absolute Gasteiger partial charge is 0.333 e. The van der Waals surface area contributed by atoms with E-state index in [2.05, 4.69) is 15.1 Å². The highest BCUT2D eigenvalue weighted by Gasteiger charge is 2.20. The molecule has 10 heteroatoms. The number of nitrogens with zero attached hydrogens (tertiary/aromatic N) is 7. The summed E-state index contributed by atoms with van der Waals surface area (Å²) in [6.07, 6.45) is 6.92. The van der Waals surface area contributed by atoms with Crippen molar-refractivity contribution in [2.45, 2.75) is 20.4 Å². The van der Waals surface area contributed by atoms with E-state index in [0.29, 0.717) is 29.3 Å².